The number of allylic oxidation sites excluding steroid dienone is 1. The molecule has 4 rings (SSSR count). The highest BCUT2D eigenvalue weighted by molar-refractivity contribution is 7.93. The van der Waals surface area contributed by atoms with E-state index < -0.39 is 15.1 Å². The Morgan fingerprint density at radius 3 is 2.60 bits per heavy atom. The first-order valence-corrected chi connectivity index (χ1v) is 10.0. The molecule has 0 radical (unpaired) electrons. The first-order chi connectivity index (χ1) is 12.0. The van der Waals surface area contributed by atoms with Gasteiger partial charge in [0.05, 0.1) is 10.5 Å². The van der Waals surface area contributed by atoms with Crippen molar-refractivity contribution in [2.45, 2.75) is 36.4 Å². The minimum Gasteiger partial charge on any atom is -0.489 e. The van der Waals surface area contributed by atoms with Crippen LogP contribution < -0.4 is 4.74 Å². The third-order valence-electron chi connectivity index (χ3n) is 5.03. The third kappa shape index (κ3) is 3.09. The monoisotopic (exact) mass is 358 g/mol. The quantitative estimate of drug-likeness (QED) is 0.825. The van der Waals surface area contributed by atoms with E-state index in [1.54, 1.807) is 18.2 Å². The van der Waals surface area contributed by atoms with Crippen molar-refractivity contribution in [1.82, 2.24) is 0 Å². The molecule has 130 valence electrons. The van der Waals surface area contributed by atoms with Gasteiger partial charge in [-0.15, -0.1) is 0 Å². The lowest BCUT2D eigenvalue weighted by Crippen LogP contribution is -2.26. The minimum atomic E-state index is -3.05. The van der Waals surface area contributed by atoms with Gasteiger partial charge in [0.25, 0.3) is 0 Å². The van der Waals surface area contributed by atoms with Gasteiger partial charge in [0.15, 0.2) is 9.84 Å². The van der Waals surface area contributed by atoms with Gasteiger partial charge in [-0.1, -0.05) is 36.4 Å². The van der Waals surface area contributed by atoms with Gasteiger partial charge in [-0.05, 0) is 42.5 Å². The van der Waals surface area contributed by atoms with Gasteiger partial charge in [-0.3, -0.25) is 0 Å². The highest BCUT2D eigenvalue weighted by Crippen LogP contribution is 2.41. The maximum Gasteiger partial charge on any atom is 0.159 e. The second-order valence-corrected chi connectivity index (χ2v) is 9.09. The van der Waals surface area contributed by atoms with E-state index in [4.69, 9.17) is 4.74 Å². The van der Waals surface area contributed by atoms with E-state index in [0.29, 0.717) is 37.2 Å². The molecule has 2 bridgehead atoms. The molecule has 2 heterocycles. The van der Waals surface area contributed by atoms with Crippen LogP contribution in [-0.4, -0.2) is 18.9 Å². The van der Waals surface area contributed by atoms with E-state index in [9.17, 15) is 12.8 Å². The highest BCUT2D eigenvalue weighted by Gasteiger charge is 2.43. The topological polar surface area (TPSA) is 43.4 Å². The Morgan fingerprint density at radius 2 is 1.88 bits per heavy atom. The Bertz CT molecular complexity index is 919. The molecular formula is C20H19FO3S. The van der Waals surface area contributed by atoms with E-state index in [-0.39, 0.29) is 11.1 Å². The molecule has 1 fully saturated rings. The van der Waals surface area contributed by atoms with Crippen molar-refractivity contribution in [1.29, 1.82) is 0 Å². The second kappa shape index (κ2) is 6.30. The molecule has 2 aliphatic rings. The van der Waals surface area contributed by atoms with Gasteiger partial charge >= 0.3 is 0 Å². The van der Waals surface area contributed by atoms with Gasteiger partial charge in [0.2, 0.25) is 0 Å². The lowest BCUT2D eigenvalue weighted by atomic mass is 10.00. The van der Waals surface area contributed by atoms with E-state index in [0.717, 1.165) is 11.1 Å². The SMILES string of the molecule is O=S1(=O)C2C=C(c3ccc(OCc4ccccc4)cc3F)CC1CC2. The molecule has 0 aromatic heterocycles. The molecule has 0 amide bonds. The van der Waals surface area contributed by atoms with Gasteiger partial charge < -0.3 is 4.74 Å². The lowest BCUT2D eigenvalue weighted by Gasteiger charge is -2.21. The van der Waals surface area contributed by atoms with Crippen molar-refractivity contribution < 1.29 is 17.5 Å². The zero-order valence-electron chi connectivity index (χ0n) is 13.7. The summed E-state index contributed by atoms with van der Waals surface area (Å²) in [5.41, 5.74) is 2.30. The molecule has 25 heavy (non-hydrogen) atoms. The zero-order chi connectivity index (χ0) is 17.4. The van der Waals surface area contributed by atoms with Crippen molar-refractivity contribution in [2.24, 2.45) is 0 Å². The van der Waals surface area contributed by atoms with Crippen LogP contribution in [0.2, 0.25) is 0 Å². The predicted molar refractivity (Wildman–Crippen MR) is 95.5 cm³/mol. The first-order valence-electron chi connectivity index (χ1n) is 8.44. The summed E-state index contributed by atoms with van der Waals surface area (Å²) in [6, 6.07) is 14.5. The van der Waals surface area contributed by atoms with Crippen LogP contribution >= 0.6 is 0 Å². The molecule has 2 aliphatic heterocycles. The van der Waals surface area contributed by atoms with E-state index in [2.05, 4.69) is 0 Å². The Labute approximate surface area is 147 Å². The molecule has 0 N–H and O–H groups in total. The molecule has 2 aromatic carbocycles. The maximum atomic E-state index is 14.6. The van der Waals surface area contributed by atoms with Gasteiger partial charge in [0, 0.05) is 11.6 Å². The fourth-order valence-corrected chi connectivity index (χ4v) is 5.84. The Morgan fingerprint density at radius 1 is 1.08 bits per heavy atom. The van der Waals surface area contributed by atoms with E-state index >= 15 is 0 Å². The van der Waals surface area contributed by atoms with Crippen LogP contribution in [0.3, 0.4) is 0 Å². The summed E-state index contributed by atoms with van der Waals surface area (Å²) in [5.74, 6) is 0.104. The smallest absolute Gasteiger partial charge is 0.159 e. The Balaban J connectivity index is 1.53. The van der Waals surface area contributed by atoms with Gasteiger partial charge in [-0.25, -0.2) is 12.8 Å². The van der Waals surface area contributed by atoms with Crippen LogP contribution in [0.4, 0.5) is 4.39 Å². The number of benzene rings is 2. The maximum absolute atomic E-state index is 14.6. The van der Waals surface area contributed by atoms with Crippen LogP contribution in [0.15, 0.2) is 54.6 Å². The summed E-state index contributed by atoms with van der Waals surface area (Å²) in [7, 11) is -3.05. The zero-order valence-corrected chi connectivity index (χ0v) is 14.5. The number of hydrogen-bond acceptors (Lipinski definition) is 3. The number of hydrogen-bond donors (Lipinski definition) is 0. The molecule has 2 atom stereocenters. The minimum absolute atomic E-state index is 0.356. The molecule has 0 spiro atoms. The highest BCUT2D eigenvalue weighted by atomic mass is 32.2. The van der Waals surface area contributed by atoms with Crippen LogP contribution in [0.25, 0.3) is 5.57 Å². The van der Waals surface area contributed by atoms with Crippen LogP contribution in [-0.2, 0) is 16.4 Å². The summed E-state index contributed by atoms with van der Waals surface area (Å²) < 4.78 is 44.5. The average molecular weight is 358 g/mol. The van der Waals surface area contributed by atoms with Crippen LogP contribution in [0.5, 0.6) is 5.75 Å². The molecule has 0 aliphatic carbocycles. The number of fused-ring (bicyclic) bond motifs is 2. The number of ether oxygens (including phenoxy) is 1. The molecule has 0 saturated carbocycles. The standard InChI is InChI=1S/C20H19FO3S/c21-20-12-16(24-13-14-4-2-1-3-5-14)6-9-19(20)15-10-17-7-8-18(11-15)25(17,22)23/h1-6,9-10,12,17-18H,7-8,11,13H2. The lowest BCUT2D eigenvalue weighted by molar-refractivity contribution is 0.304. The van der Waals surface area contributed by atoms with Gasteiger partial charge in [-0.2, -0.15) is 0 Å². The normalized spacial score (nSPS) is 24.0. The molecule has 5 heteroatoms. The fourth-order valence-electron chi connectivity index (χ4n) is 3.65. The van der Waals surface area contributed by atoms with E-state index in [1.807, 2.05) is 30.3 Å². The van der Waals surface area contributed by atoms with Crippen molar-refractivity contribution in [2.75, 3.05) is 0 Å². The van der Waals surface area contributed by atoms with Crippen molar-refractivity contribution in [3.63, 3.8) is 0 Å². The predicted octanol–water partition coefficient (Wildman–Crippen LogP) is 4.14. The molecule has 3 nitrogen and oxygen atoms in total. The summed E-state index contributed by atoms with van der Waals surface area (Å²) in [6.45, 7) is 0.380. The third-order valence-corrected chi connectivity index (χ3v) is 7.58. The summed E-state index contributed by atoms with van der Waals surface area (Å²) in [5, 5.41) is -0.805. The second-order valence-electron chi connectivity index (χ2n) is 6.64. The number of sulfone groups is 1. The number of rotatable bonds is 4. The van der Waals surface area contributed by atoms with Gasteiger partial charge in [0.1, 0.15) is 18.2 Å². The van der Waals surface area contributed by atoms with Crippen LogP contribution in [0, 0.1) is 5.82 Å². The summed E-state index contributed by atoms with van der Waals surface area (Å²) in [6.07, 6.45) is 3.46. The fraction of sp³-hybridized carbons (Fsp3) is 0.300. The first kappa shape index (κ1) is 16.3. The van der Waals surface area contributed by atoms with E-state index in [1.165, 1.54) is 6.07 Å². The molecule has 2 aromatic rings. The summed E-state index contributed by atoms with van der Waals surface area (Å²) in [4.78, 5) is 0. The Hall–Kier alpha value is -2.14. The van der Waals surface area contributed by atoms with Crippen molar-refractivity contribution >= 4 is 15.4 Å². The molecule has 1 saturated heterocycles. The molecule has 2 unspecified atom stereocenters. The number of halogens is 1. The largest absolute Gasteiger partial charge is 0.489 e. The van der Waals surface area contributed by atoms with Crippen molar-refractivity contribution in [3.05, 3.63) is 71.6 Å². The average Bonchev–Trinajstić information content (AvgIpc) is 2.79. The molecular weight excluding hydrogens is 339 g/mol. The van der Waals surface area contributed by atoms with Crippen molar-refractivity contribution in [3.8, 4) is 5.75 Å². The Kier molecular flexibility index (Phi) is 4.12. The summed E-state index contributed by atoms with van der Waals surface area (Å²) >= 11 is 0. The van der Waals surface area contributed by atoms with Crippen LogP contribution in [0.1, 0.15) is 30.4 Å².